The third-order valence-electron chi connectivity index (χ3n) is 1.95. The SMILES string of the molecule is CC(C)(C)OC(=O)CCc1ccc(Br)cc1. The van der Waals surface area contributed by atoms with Crippen molar-refractivity contribution in [2.75, 3.05) is 0 Å². The molecule has 1 rings (SSSR count). The zero-order chi connectivity index (χ0) is 12.2. The molecular formula is C13H17BrO2. The van der Waals surface area contributed by atoms with Crippen molar-refractivity contribution in [1.29, 1.82) is 0 Å². The van der Waals surface area contributed by atoms with Crippen molar-refractivity contribution in [3.8, 4) is 0 Å². The van der Waals surface area contributed by atoms with E-state index in [0.717, 1.165) is 16.5 Å². The fourth-order valence-corrected chi connectivity index (χ4v) is 1.55. The molecule has 0 saturated heterocycles. The van der Waals surface area contributed by atoms with E-state index in [1.807, 2.05) is 45.0 Å². The van der Waals surface area contributed by atoms with Gasteiger partial charge in [0.25, 0.3) is 0 Å². The Bertz CT molecular complexity index is 349. The van der Waals surface area contributed by atoms with Crippen molar-refractivity contribution in [3.63, 3.8) is 0 Å². The van der Waals surface area contributed by atoms with Crippen LogP contribution in [0.5, 0.6) is 0 Å². The Morgan fingerprint density at radius 3 is 2.31 bits per heavy atom. The van der Waals surface area contributed by atoms with Crippen molar-refractivity contribution in [1.82, 2.24) is 0 Å². The van der Waals surface area contributed by atoms with Crippen LogP contribution in [0.1, 0.15) is 32.8 Å². The van der Waals surface area contributed by atoms with Gasteiger partial charge in [0.05, 0.1) is 0 Å². The lowest BCUT2D eigenvalue weighted by atomic mass is 10.1. The Hall–Kier alpha value is -0.830. The minimum absolute atomic E-state index is 0.143. The van der Waals surface area contributed by atoms with Crippen molar-refractivity contribution >= 4 is 21.9 Å². The van der Waals surface area contributed by atoms with E-state index in [1.54, 1.807) is 0 Å². The summed E-state index contributed by atoms with van der Waals surface area (Å²) in [5, 5.41) is 0. The zero-order valence-corrected chi connectivity index (χ0v) is 11.5. The molecule has 0 saturated carbocycles. The average molecular weight is 285 g/mol. The van der Waals surface area contributed by atoms with Gasteiger partial charge in [0.1, 0.15) is 5.60 Å². The van der Waals surface area contributed by atoms with Gasteiger partial charge in [0, 0.05) is 10.9 Å². The predicted octanol–water partition coefficient (Wildman–Crippen LogP) is 3.72. The highest BCUT2D eigenvalue weighted by molar-refractivity contribution is 9.10. The summed E-state index contributed by atoms with van der Waals surface area (Å²) in [5.41, 5.74) is 0.755. The maximum absolute atomic E-state index is 11.5. The number of halogens is 1. The number of benzene rings is 1. The predicted molar refractivity (Wildman–Crippen MR) is 68.3 cm³/mol. The van der Waals surface area contributed by atoms with Gasteiger partial charge in [-0.05, 0) is 44.9 Å². The highest BCUT2D eigenvalue weighted by Gasteiger charge is 2.15. The molecule has 0 fully saturated rings. The molecule has 0 unspecified atom stereocenters. The molecule has 0 atom stereocenters. The monoisotopic (exact) mass is 284 g/mol. The summed E-state index contributed by atoms with van der Waals surface area (Å²) < 4.78 is 6.28. The first-order valence-corrected chi connectivity index (χ1v) is 6.12. The van der Waals surface area contributed by atoms with Crippen LogP contribution in [-0.4, -0.2) is 11.6 Å². The number of rotatable bonds is 3. The topological polar surface area (TPSA) is 26.3 Å². The molecule has 0 aliphatic carbocycles. The first-order valence-electron chi connectivity index (χ1n) is 5.33. The highest BCUT2D eigenvalue weighted by atomic mass is 79.9. The molecule has 0 radical (unpaired) electrons. The van der Waals surface area contributed by atoms with Crippen molar-refractivity contribution in [2.45, 2.75) is 39.2 Å². The molecule has 0 N–H and O–H groups in total. The van der Waals surface area contributed by atoms with Crippen LogP contribution in [0.15, 0.2) is 28.7 Å². The molecule has 0 spiro atoms. The zero-order valence-electron chi connectivity index (χ0n) is 9.92. The largest absolute Gasteiger partial charge is 0.460 e. The van der Waals surface area contributed by atoms with Crippen LogP contribution < -0.4 is 0 Å². The maximum Gasteiger partial charge on any atom is 0.306 e. The van der Waals surface area contributed by atoms with Gasteiger partial charge >= 0.3 is 5.97 Å². The Balaban J connectivity index is 2.40. The molecule has 2 nitrogen and oxygen atoms in total. The number of hydrogen-bond acceptors (Lipinski definition) is 2. The number of aryl methyl sites for hydroxylation is 1. The smallest absolute Gasteiger partial charge is 0.306 e. The highest BCUT2D eigenvalue weighted by Crippen LogP contribution is 2.13. The van der Waals surface area contributed by atoms with E-state index < -0.39 is 5.60 Å². The number of carbonyl (C=O) groups is 1. The first-order chi connectivity index (χ1) is 7.37. The quantitative estimate of drug-likeness (QED) is 0.791. The van der Waals surface area contributed by atoms with E-state index >= 15 is 0 Å². The van der Waals surface area contributed by atoms with Gasteiger partial charge in [-0.15, -0.1) is 0 Å². The molecule has 3 heteroatoms. The van der Waals surface area contributed by atoms with Gasteiger partial charge in [0.2, 0.25) is 0 Å². The summed E-state index contributed by atoms with van der Waals surface area (Å²) in [6, 6.07) is 7.97. The van der Waals surface area contributed by atoms with E-state index in [9.17, 15) is 4.79 Å². The molecular weight excluding hydrogens is 268 g/mol. The van der Waals surface area contributed by atoms with Crippen molar-refractivity contribution in [3.05, 3.63) is 34.3 Å². The van der Waals surface area contributed by atoms with Crippen LogP contribution in [0.4, 0.5) is 0 Å². The second kappa shape index (κ2) is 5.48. The summed E-state index contributed by atoms with van der Waals surface area (Å²) in [7, 11) is 0. The average Bonchev–Trinajstić information content (AvgIpc) is 2.14. The normalized spacial score (nSPS) is 11.2. The van der Waals surface area contributed by atoms with Crippen LogP contribution in [-0.2, 0) is 16.0 Å². The minimum atomic E-state index is -0.392. The van der Waals surface area contributed by atoms with E-state index in [1.165, 1.54) is 0 Å². The number of esters is 1. The second-order valence-electron chi connectivity index (χ2n) is 4.71. The van der Waals surface area contributed by atoms with E-state index in [2.05, 4.69) is 15.9 Å². The molecule has 88 valence electrons. The van der Waals surface area contributed by atoms with Crippen molar-refractivity contribution < 1.29 is 9.53 Å². The summed E-state index contributed by atoms with van der Waals surface area (Å²) in [6.45, 7) is 5.64. The summed E-state index contributed by atoms with van der Waals surface area (Å²) in [6.07, 6.45) is 1.15. The molecule has 0 bridgehead atoms. The molecule has 1 aromatic carbocycles. The maximum atomic E-state index is 11.5. The van der Waals surface area contributed by atoms with Gasteiger partial charge in [-0.2, -0.15) is 0 Å². The molecule has 16 heavy (non-hydrogen) atoms. The number of carbonyl (C=O) groups excluding carboxylic acids is 1. The van der Waals surface area contributed by atoms with Crippen LogP contribution in [0.3, 0.4) is 0 Å². The lowest BCUT2D eigenvalue weighted by Crippen LogP contribution is -2.23. The van der Waals surface area contributed by atoms with Gasteiger partial charge in [0.15, 0.2) is 0 Å². The molecule has 0 aromatic heterocycles. The first kappa shape index (κ1) is 13.2. The fraction of sp³-hybridized carbons (Fsp3) is 0.462. The Morgan fingerprint density at radius 2 is 1.81 bits per heavy atom. The fourth-order valence-electron chi connectivity index (χ4n) is 1.29. The lowest BCUT2D eigenvalue weighted by molar-refractivity contribution is -0.154. The van der Waals surface area contributed by atoms with Gasteiger partial charge < -0.3 is 4.74 Å². The molecule has 0 aliphatic rings. The third kappa shape index (κ3) is 5.31. The number of ether oxygens (including phenoxy) is 1. The van der Waals surface area contributed by atoms with Crippen LogP contribution in [0.2, 0.25) is 0 Å². The molecule has 0 aliphatic heterocycles. The van der Waals surface area contributed by atoms with Crippen molar-refractivity contribution in [2.24, 2.45) is 0 Å². The van der Waals surface area contributed by atoms with E-state index in [-0.39, 0.29) is 5.97 Å². The van der Waals surface area contributed by atoms with Gasteiger partial charge in [-0.3, -0.25) is 4.79 Å². The van der Waals surface area contributed by atoms with Crippen LogP contribution >= 0.6 is 15.9 Å². The van der Waals surface area contributed by atoms with Crippen LogP contribution in [0, 0.1) is 0 Å². The van der Waals surface area contributed by atoms with Gasteiger partial charge in [-0.25, -0.2) is 0 Å². The number of hydrogen-bond donors (Lipinski definition) is 0. The minimum Gasteiger partial charge on any atom is -0.460 e. The summed E-state index contributed by atoms with van der Waals surface area (Å²) in [5.74, 6) is -0.143. The molecule has 0 heterocycles. The van der Waals surface area contributed by atoms with E-state index in [4.69, 9.17) is 4.74 Å². The summed E-state index contributed by atoms with van der Waals surface area (Å²) in [4.78, 5) is 11.5. The third-order valence-corrected chi connectivity index (χ3v) is 2.48. The standard InChI is InChI=1S/C13H17BrO2/c1-13(2,3)16-12(15)9-6-10-4-7-11(14)8-5-10/h4-5,7-8H,6,9H2,1-3H3. The Morgan fingerprint density at radius 1 is 1.25 bits per heavy atom. The Kier molecular flexibility index (Phi) is 4.54. The lowest BCUT2D eigenvalue weighted by Gasteiger charge is -2.19. The van der Waals surface area contributed by atoms with Crippen LogP contribution in [0.25, 0.3) is 0 Å². The molecule has 0 amide bonds. The Labute approximate surface area is 105 Å². The van der Waals surface area contributed by atoms with Gasteiger partial charge in [-0.1, -0.05) is 28.1 Å². The summed E-state index contributed by atoms with van der Waals surface area (Å²) >= 11 is 3.37. The molecule has 1 aromatic rings. The van der Waals surface area contributed by atoms with E-state index in [0.29, 0.717) is 6.42 Å². The second-order valence-corrected chi connectivity index (χ2v) is 5.63.